The first-order chi connectivity index (χ1) is 6.51. The van der Waals surface area contributed by atoms with Gasteiger partial charge in [0.1, 0.15) is 11.8 Å². The molecular weight excluding hydrogens is 244 g/mol. The Kier molecular flexibility index (Phi) is 9.83. The second-order valence-corrected chi connectivity index (χ2v) is 3.48. The van der Waals surface area contributed by atoms with E-state index >= 15 is 0 Å². The fourth-order valence-electron chi connectivity index (χ4n) is 0.796. The Morgan fingerprint density at radius 3 is 2.20 bits per heavy atom. The monoisotopic (exact) mass is 262 g/mol. The van der Waals surface area contributed by atoms with Crippen LogP contribution in [0.1, 0.15) is 40.5 Å². The average Bonchev–Trinajstić information content (AvgIpc) is 2.16. The summed E-state index contributed by atoms with van der Waals surface area (Å²) in [7, 11) is 0. The molecule has 0 saturated heterocycles. The Morgan fingerprint density at radius 1 is 1.33 bits per heavy atom. The summed E-state index contributed by atoms with van der Waals surface area (Å²) in [5, 5.41) is 13.5. The van der Waals surface area contributed by atoms with Gasteiger partial charge in [0.15, 0.2) is 0 Å². The van der Waals surface area contributed by atoms with Crippen LogP contribution in [0.5, 0.6) is 0 Å². The molecule has 5 heteroatoms. The van der Waals surface area contributed by atoms with E-state index in [2.05, 4.69) is 10.3 Å². The summed E-state index contributed by atoms with van der Waals surface area (Å²) >= 11 is 0. The summed E-state index contributed by atoms with van der Waals surface area (Å²) in [6, 6.07) is 0.121. The quantitative estimate of drug-likeness (QED) is 0.451. The van der Waals surface area contributed by atoms with Crippen molar-refractivity contribution in [2.75, 3.05) is 0 Å². The van der Waals surface area contributed by atoms with Crippen molar-refractivity contribution in [3.05, 3.63) is 0 Å². The second-order valence-electron chi connectivity index (χ2n) is 3.48. The van der Waals surface area contributed by atoms with Gasteiger partial charge in [-0.25, -0.2) is 0 Å². The van der Waals surface area contributed by atoms with Gasteiger partial charge >= 0.3 is 17.1 Å². The molecule has 1 N–H and O–H groups in total. The van der Waals surface area contributed by atoms with E-state index in [1.165, 1.54) is 0 Å². The van der Waals surface area contributed by atoms with Gasteiger partial charge in [-0.1, -0.05) is 13.8 Å². The topological polar surface area (TPSA) is 64.5 Å². The molecule has 0 amide bonds. The van der Waals surface area contributed by atoms with E-state index in [9.17, 15) is 9.90 Å². The van der Waals surface area contributed by atoms with Crippen molar-refractivity contribution in [1.29, 1.82) is 0 Å². The number of carbonyl (C=O) groups excluding carboxylic acids is 1. The fourth-order valence-corrected chi connectivity index (χ4v) is 0.796. The molecule has 0 aliphatic heterocycles. The van der Waals surface area contributed by atoms with Gasteiger partial charge in [0.25, 0.3) is 0 Å². The largest absolute Gasteiger partial charge is 1.00 e. The molecule has 0 spiro atoms. The zero-order valence-corrected chi connectivity index (χ0v) is 10.6. The molecule has 0 saturated carbocycles. The van der Waals surface area contributed by atoms with E-state index in [1.807, 2.05) is 27.7 Å². The zero-order valence-electron chi connectivity index (χ0n) is 9.63. The number of hydrogen-bond donors (Lipinski definition) is 1. The predicted octanol–water partition coefficient (Wildman–Crippen LogP) is 0.319. The number of rotatable bonds is 4. The third-order valence-electron chi connectivity index (χ3n) is 2.13. The molecule has 15 heavy (non-hydrogen) atoms. The van der Waals surface area contributed by atoms with Crippen LogP contribution in [0.25, 0.3) is 0 Å². The van der Waals surface area contributed by atoms with Gasteiger partial charge in [0.2, 0.25) is 0 Å². The Morgan fingerprint density at radius 2 is 1.87 bits per heavy atom. The normalized spacial score (nSPS) is 15.1. The molecule has 4 nitrogen and oxygen atoms in total. The van der Waals surface area contributed by atoms with Crippen LogP contribution in [0.2, 0.25) is 0 Å². The summed E-state index contributed by atoms with van der Waals surface area (Å²) in [4.78, 5) is 14.7. The number of carboxylic acid groups (broad SMARTS) is 1. The molecule has 2 unspecified atom stereocenters. The molecule has 0 aromatic heterocycles. The maximum atomic E-state index is 10.7. The van der Waals surface area contributed by atoms with E-state index in [0.717, 1.165) is 12.8 Å². The first kappa shape index (κ1) is 16.9. The molecule has 0 radical (unpaired) electrons. The molecule has 2 atom stereocenters. The Labute approximate surface area is 102 Å². The maximum absolute atomic E-state index is 10.7. The van der Waals surface area contributed by atoms with E-state index in [0.29, 0.717) is 0 Å². The van der Waals surface area contributed by atoms with Crippen LogP contribution in [0.4, 0.5) is 0 Å². The van der Waals surface area contributed by atoms with Gasteiger partial charge in [0.05, 0.1) is 0 Å². The molecule has 0 aromatic rings. The number of carbonyl (C=O) groups is 1. The van der Waals surface area contributed by atoms with Crippen LogP contribution in [0, 0.1) is 0 Å². The minimum absolute atomic E-state index is 0. The summed E-state index contributed by atoms with van der Waals surface area (Å²) in [6.07, 6.45) is 1.67. The predicted molar refractivity (Wildman–Crippen MR) is 55.1 cm³/mol. The first-order valence-electron chi connectivity index (χ1n) is 5.06. The van der Waals surface area contributed by atoms with Crippen molar-refractivity contribution >= 4 is 11.8 Å². The van der Waals surface area contributed by atoms with E-state index in [-0.39, 0.29) is 35.0 Å². The molecule has 0 heterocycles. The van der Waals surface area contributed by atoms with Gasteiger partial charge in [-0.15, -0.1) is 0 Å². The molecule has 0 bridgehead atoms. The number of hydrogen-bond acceptors (Lipinski definition) is 3. The molecule has 0 aromatic carbocycles. The van der Waals surface area contributed by atoms with Crippen LogP contribution >= 0.6 is 0 Å². The van der Waals surface area contributed by atoms with Gasteiger partial charge in [-0.05, 0) is 26.7 Å². The summed E-state index contributed by atoms with van der Waals surface area (Å²) in [6.45, 7) is 7.73. The Hall–Kier alpha value is -0.541. The Balaban J connectivity index is 0. The van der Waals surface area contributed by atoms with E-state index < -0.39 is 5.97 Å². The van der Waals surface area contributed by atoms with Crippen LogP contribution < -0.4 is 10.4 Å². The van der Waals surface area contributed by atoms with Crippen molar-refractivity contribution in [3.63, 3.8) is 0 Å². The van der Waals surface area contributed by atoms with Gasteiger partial charge in [0, 0.05) is 12.1 Å². The standard InChI is InChI=1S/C10H20N2O2.Cu/c1-5-7(3)11-9(10(13)14)12-8(4)6-2;/h7-8H,5-6H2,1-4H3,(H,11,12)(H,13,14);/q;+1/p-1. The van der Waals surface area contributed by atoms with Gasteiger partial charge in [-0.2, -0.15) is 0 Å². The van der Waals surface area contributed by atoms with Crippen LogP contribution in [0.15, 0.2) is 4.99 Å². The third kappa shape index (κ3) is 7.40. The zero-order chi connectivity index (χ0) is 11.1. The van der Waals surface area contributed by atoms with Crippen molar-refractivity contribution in [3.8, 4) is 0 Å². The van der Waals surface area contributed by atoms with Crippen molar-refractivity contribution in [2.45, 2.75) is 52.6 Å². The van der Waals surface area contributed by atoms with E-state index in [4.69, 9.17) is 0 Å². The minimum Gasteiger partial charge on any atom is -0.542 e. The molecule has 92 valence electrons. The minimum atomic E-state index is -1.23. The van der Waals surface area contributed by atoms with E-state index in [1.54, 1.807) is 0 Å². The Bertz CT molecular complexity index is 219. The molecule has 0 aliphatic carbocycles. The van der Waals surface area contributed by atoms with Gasteiger partial charge < -0.3 is 15.2 Å². The number of carboxylic acids is 1. The van der Waals surface area contributed by atoms with Crippen molar-refractivity contribution < 1.29 is 27.0 Å². The maximum Gasteiger partial charge on any atom is 1.00 e. The molecule has 0 fully saturated rings. The van der Waals surface area contributed by atoms with Crippen molar-refractivity contribution in [2.24, 2.45) is 4.99 Å². The van der Waals surface area contributed by atoms with Gasteiger partial charge in [-0.3, -0.25) is 4.99 Å². The number of amidine groups is 1. The molecular formula is C10H19CuN2O2. The summed E-state index contributed by atoms with van der Waals surface area (Å²) in [5.41, 5.74) is 0. The smallest absolute Gasteiger partial charge is 0.542 e. The van der Waals surface area contributed by atoms with Crippen LogP contribution in [-0.2, 0) is 21.9 Å². The fraction of sp³-hybridized carbons (Fsp3) is 0.800. The van der Waals surface area contributed by atoms with Crippen LogP contribution in [-0.4, -0.2) is 23.9 Å². The summed E-state index contributed by atoms with van der Waals surface area (Å²) < 4.78 is 0. The first-order valence-corrected chi connectivity index (χ1v) is 5.06. The number of nitrogens with one attached hydrogen (secondary N) is 1. The second kappa shape index (κ2) is 8.74. The van der Waals surface area contributed by atoms with Crippen molar-refractivity contribution in [1.82, 2.24) is 5.32 Å². The number of aliphatic carboxylic acids is 1. The SMILES string of the molecule is CCC(C)N=C(NC(C)CC)C(=O)[O-].[Cu+]. The average molecular weight is 263 g/mol. The summed E-state index contributed by atoms with van der Waals surface area (Å²) in [5.74, 6) is -1.26. The number of nitrogens with zero attached hydrogens (tertiary/aromatic N) is 1. The molecule has 0 rings (SSSR count). The number of aliphatic imine (C=N–C) groups is 1. The third-order valence-corrected chi connectivity index (χ3v) is 2.13. The molecule has 0 aliphatic rings. The van der Waals surface area contributed by atoms with Crippen LogP contribution in [0.3, 0.4) is 0 Å².